The Morgan fingerprint density at radius 1 is 0.929 bits per heavy atom. The van der Waals surface area contributed by atoms with Crippen LogP contribution in [0.3, 0.4) is 0 Å². The number of aryl methyl sites for hydroxylation is 1. The molecule has 0 unspecified atom stereocenters. The SMILES string of the molecule is C=C/C=C\C(=C/C)c1ccc2c(c1)c1c(n2-c2ccc3c(c2)C(C)(C)c2c-3ccc3sc4c(c23)C=CCC4)CCC(C/C=C\C=c2/c(=C)oc3ccccc23)=C1. The fourth-order valence-electron chi connectivity index (χ4n) is 9.65. The number of fused-ring (bicyclic) bond motifs is 11. The highest BCUT2D eigenvalue weighted by molar-refractivity contribution is 7.19. The first-order valence-electron chi connectivity index (χ1n) is 19.9. The maximum absolute atomic E-state index is 5.90. The Labute approximate surface area is 332 Å². The summed E-state index contributed by atoms with van der Waals surface area (Å²) in [5, 5.41) is 4.92. The van der Waals surface area contributed by atoms with Crippen LogP contribution < -0.4 is 10.6 Å². The van der Waals surface area contributed by atoms with E-state index in [2.05, 4.69) is 142 Å². The van der Waals surface area contributed by atoms with E-state index in [0.29, 0.717) is 5.42 Å². The maximum atomic E-state index is 5.90. The van der Waals surface area contributed by atoms with Crippen LogP contribution in [0, 0.1) is 0 Å². The Morgan fingerprint density at radius 2 is 1.80 bits per heavy atom. The quantitative estimate of drug-likeness (QED) is 0.149. The number of rotatable bonds is 7. The zero-order valence-corrected chi connectivity index (χ0v) is 33.2. The predicted molar refractivity (Wildman–Crippen MR) is 242 cm³/mol. The Hall–Kier alpha value is -5.90. The molecule has 0 N–H and O–H groups in total. The lowest BCUT2D eigenvalue weighted by molar-refractivity contribution is 0.577. The van der Waals surface area contributed by atoms with Gasteiger partial charge in [-0.3, -0.25) is 0 Å². The Balaban J connectivity index is 1.08. The molecule has 0 saturated carbocycles. The zero-order chi connectivity index (χ0) is 38.1. The van der Waals surface area contributed by atoms with E-state index in [9.17, 15) is 0 Å². The normalized spacial score (nSPS) is 16.3. The molecule has 3 aromatic heterocycles. The maximum Gasteiger partial charge on any atom is 0.135 e. The van der Waals surface area contributed by atoms with Gasteiger partial charge in [-0.15, -0.1) is 11.3 Å². The summed E-state index contributed by atoms with van der Waals surface area (Å²) < 4.78 is 9.88. The van der Waals surface area contributed by atoms with E-state index < -0.39 is 0 Å². The summed E-state index contributed by atoms with van der Waals surface area (Å²) in [4.78, 5) is 1.54. The van der Waals surface area contributed by atoms with Crippen molar-refractivity contribution in [1.29, 1.82) is 0 Å². The van der Waals surface area contributed by atoms with Gasteiger partial charge >= 0.3 is 0 Å². The topological polar surface area (TPSA) is 18.1 Å². The summed E-state index contributed by atoms with van der Waals surface area (Å²) >= 11 is 1.99. The molecular weight excluding hydrogens is 699 g/mol. The van der Waals surface area contributed by atoms with Gasteiger partial charge in [-0.2, -0.15) is 0 Å². The van der Waals surface area contributed by atoms with Crippen LogP contribution in [0.4, 0.5) is 0 Å². The Bertz CT molecular complexity index is 3070. The lowest BCUT2D eigenvalue weighted by Gasteiger charge is -2.24. The number of hydrogen-bond donors (Lipinski definition) is 0. The van der Waals surface area contributed by atoms with Crippen LogP contribution in [0.1, 0.15) is 78.4 Å². The number of hydrogen-bond acceptors (Lipinski definition) is 2. The molecular formula is C53H45NOS. The second-order valence-corrected chi connectivity index (χ2v) is 17.0. The van der Waals surface area contributed by atoms with Gasteiger partial charge in [-0.1, -0.05) is 130 Å². The van der Waals surface area contributed by atoms with Crippen molar-refractivity contribution in [1.82, 2.24) is 4.57 Å². The highest BCUT2D eigenvalue weighted by Gasteiger charge is 2.39. The van der Waals surface area contributed by atoms with E-state index in [1.54, 1.807) is 0 Å². The van der Waals surface area contributed by atoms with Crippen molar-refractivity contribution in [2.24, 2.45) is 0 Å². The molecule has 3 aliphatic rings. The number of allylic oxidation sites excluding steroid dienone is 9. The van der Waals surface area contributed by atoms with Crippen molar-refractivity contribution >= 4 is 73.7 Å². The number of furan rings is 1. The highest BCUT2D eigenvalue weighted by Crippen LogP contribution is 2.54. The molecule has 2 nitrogen and oxygen atoms in total. The van der Waals surface area contributed by atoms with Crippen molar-refractivity contribution in [2.75, 3.05) is 0 Å². The summed E-state index contributed by atoms with van der Waals surface area (Å²) in [6.07, 6.45) is 27.2. The second-order valence-electron chi connectivity index (χ2n) is 15.9. The summed E-state index contributed by atoms with van der Waals surface area (Å²) in [6, 6.07) is 27.2. The predicted octanol–water partition coefficient (Wildman–Crippen LogP) is 13.2. The first-order chi connectivity index (χ1) is 27.4. The standard InChI is InChI=1S/C53H45NOS/c1-6-8-16-35(7-2)36-23-28-47-44(31-36)43-30-34(15-9-10-17-38-33(3)55-48-20-13-11-18-40(38)48)22-27-46(43)54(47)37-24-25-39-41-26-29-50-51(42-19-12-14-21-49(42)56-50)52(41)53(4,5)45(39)32-37/h6-13,16-20,23-26,28-32H,1,3,14-15,21-22,27H2,2,4-5H3/b10-9-,16-8-,35-7+,38-17+. The highest BCUT2D eigenvalue weighted by atomic mass is 32.1. The van der Waals surface area contributed by atoms with Crippen LogP contribution in [-0.4, -0.2) is 4.57 Å². The van der Waals surface area contributed by atoms with Crippen molar-refractivity contribution in [3.8, 4) is 16.8 Å². The average Bonchev–Trinajstić information content (AvgIpc) is 3.92. The van der Waals surface area contributed by atoms with Gasteiger partial charge in [0.05, 0.1) is 5.52 Å². The van der Waals surface area contributed by atoms with Crippen LogP contribution in [0.15, 0.2) is 132 Å². The first kappa shape index (κ1) is 34.6. The van der Waals surface area contributed by atoms with Crippen molar-refractivity contribution in [2.45, 2.75) is 58.3 Å². The molecule has 0 aliphatic heterocycles. The molecule has 0 atom stereocenters. The van der Waals surface area contributed by atoms with E-state index in [1.165, 1.54) is 87.3 Å². The third kappa shape index (κ3) is 5.36. The summed E-state index contributed by atoms with van der Waals surface area (Å²) in [5.74, 6) is 0. The van der Waals surface area contributed by atoms with Gasteiger partial charge in [0.15, 0.2) is 0 Å². The van der Waals surface area contributed by atoms with E-state index >= 15 is 0 Å². The summed E-state index contributed by atoms with van der Waals surface area (Å²) in [5.41, 5.74) is 17.7. The number of thiophene rings is 1. The fourth-order valence-corrected chi connectivity index (χ4v) is 10.9. The van der Waals surface area contributed by atoms with Crippen LogP contribution in [-0.2, 0) is 18.3 Å². The van der Waals surface area contributed by atoms with E-state index in [1.807, 2.05) is 41.7 Å². The molecule has 0 saturated heterocycles. The van der Waals surface area contributed by atoms with Gasteiger partial charge in [0, 0.05) is 53.3 Å². The minimum atomic E-state index is -0.122. The van der Waals surface area contributed by atoms with Crippen molar-refractivity contribution in [3.05, 3.63) is 177 Å². The first-order valence-corrected chi connectivity index (χ1v) is 20.7. The monoisotopic (exact) mass is 743 g/mol. The molecule has 3 heteroatoms. The third-order valence-corrected chi connectivity index (χ3v) is 13.6. The van der Waals surface area contributed by atoms with Crippen LogP contribution in [0.5, 0.6) is 0 Å². The van der Waals surface area contributed by atoms with Crippen molar-refractivity contribution < 1.29 is 4.42 Å². The van der Waals surface area contributed by atoms with Gasteiger partial charge in [0.1, 0.15) is 11.0 Å². The third-order valence-electron chi connectivity index (χ3n) is 12.3. The number of aromatic nitrogens is 1. The molecule has 4 aromatic carbocycles. The second kappa shape index (κ2) is 13.4. The largest absolute Gasteiger partial charge is 0.457 e. The number of benzene rings is 4. The van der Waals surface area contributed by atoms with Crippen LogP contribution >= 0.6 is 11.3 Å². The van der Waals surface area contributed by atoms with E-state index in [0.717, 1.165) is 48.3 Å². The molecule has 3 aliphatic carbocycles. The average molecular weight is 744 g/mol. The lowest BCUT2D eigenvalue weighted by atomic mass is 9.79. The molecule has 56 heavy (non-hydrogen) atoms. The summed E-state index contributed by atoms with van der Waals surface area (Å²) in [6.45, 7) is 15.1. The molecule has 0 fully saturated rings. The van der Waals surface area contributed by atoms with Crippen LogP contribution in [0.2, 0.25) is 0 Å². The lowest BCUT2D eigenvalue weighted by Crippen LogP contribution is -2.17. The minimum Gasteiger partial charge on any atom is -0.457 e. The zero-order valence-electron chi connectivity index (χ0n) is 32.4. The van der Waals surface area contributed by atoms with Gasteiger partial charge in [-0.05, 0) is 114 Å². The molecule has 0 spiro atoms. The number of para-hydroxylation sites is 1. The Morgan fingerprint density at radius 3 is 2.68 bits per heavy atom. The molecule has 0 amide bonds. The van der Waals surface area contributed by atoms with E-state index in [-0.39, 0.29) is 5.41 Å². The fraction of sp³-hybridized carbons (Fsp3) is 0.170. The van der Waals surface area contributed by atoms with Gasteiger partial charge in [0.2, 0.25) is 0 Å². The van der Waals surface area contributed by atoms with Gasteiger partial charge in [0.25, 0.3) is 0 Å². The smallest absolute Gasteiger partial charge is 0.135 e. The molecule has 274 valence electrons. The minimum absolute atomic E-state index is 0.122. The van der Waals surface area contributed by atoms with Gasteiger partial charge < -0.3 is 8.98 Å². The molecule has 10 rings (SSSR count). The van der Waals surface area contributed by atoms with Crippen LogP contribution in [0.25, 0.3) is 79.2 Å². The molecule has 0 bridgehead atoms. The molecule has 0 radical (unpaired) electrons. The van der Waals surface area contributed by atoms with Gasteiger partial charge in [-0.25, -0.2) is 0 Å². The summed E-state index contributed by atoms with van der Waals surface area (Å²) in [7, 11) is 0. The van der Waals surface area contributed by atoms with Crippen molar-refractivity contribution in [3.63, 3.8) is 0 Å². The number of nitrogens with zero attached hydrogens (tertiary/aromatic N) is 1. The molecule has 7 aromatic rings. The molecule has 3 heterocycles. The van der Waals surface area contributed by atoms with E-state index in [4.69, 9.17) is 4.42 Å². The Kier molecular flexibility index (Phi) is 8.27.